The molecular weight excluding hydrogens is 497 g/mol. The lowest BCUT2D eigenvalue weighted by Crippen LogP contribution is -2.45. The Morgan fingerprint density at radius 3 is 2.47 bits per heavy atom. The van der Waals surface area contributed by atoms with Crippen molar-refractivity contribution in [1.29, 1.82) is 0 Å². The van der Waals surface area contributed by atoms with Gasteiger partial charge >= 0.3 is 0 Å². The van der Waals surface area contributed by atoms with Crippen molar-refractivity contribution >= 4 is 36.8 Å². The fourth-order valence-corrected chi connectivity index (χ4v) is 4.61. The highest BCUT2D eigenvalue weighted by molar-refractivity contribution is 5.92. The number of halogens is 2. The Balaban J connectivity index is 0.00000228. The molecule has 0 radical (unpaired) electrons. The Hall–Kier alpha value is -2.09. The van der Waals surface area contributed by atoms with Gasteiger partial charge in [0.1, 0.15) is 18.5 Å². The minimum absolute atomic E-state index is 0. The highest BCUT2D eigenvalue weighted by Crippen LogP contribution is 2.16. The monoisotopic (exact) mass is 535 g/mol. The van der Waals surface area contributed by atoms with Gasteiger partial charge in [0.15, 0.2) is 0 Å². The zero-order chi connectivity index (χ0) is 23.6. The van der Waals surface area contributed by atoms with E-state index in [4.69, 9.17) is 4.74 Å². The number of hydrogen-bond acceptors (Lipinski definition) is 5. The van der Waals surface area contributed by atoms with Gasteiger partial charge < -0.3 is 20.1 Å². The zero-order valence-corrected chi connectivity index (χ0v) is 22.4. The molecule has 1 amide bonds. The second-order valence-corrected chi connectivity index (χ2v) is 9.35. The Bertz CT molecular complexity index is 931. The smallest absolute Gasteiger partial charge is 0.246 e. The molecule has 2 aliphatic rings. The number of amides is 1. The van der Waals surface area contributed by atoms with E-state index in [1.165, 1.54) is 5.56 Å². The lowest BCUT2D eigenvalue weighted by molar-refractivity contribution is -0.124. The second kappa shape index (κ2) is 15.9. The number of aliphatic hydroxyl groups is 1. The fraction of sp³-hybridized carbons (Fsp3) is 0.464. The maximum Gasteiger partial charge on any atom is 0.246 e. The maximum absolute atomic E-state index is 12.2. The summed E-state index contributed by atoms with van der Waals surface area (Å²) in [6.07, 6.45) is 7.25. The van der Waals surface area contributed by atoms with Crippen LogP contribution in [-0.4, -0.2) is 72.3 Å². The van der Waals surface area contributed by atoms with E-state index in [0.717, 1.165) is 64.0 Å². The molecule has 0 spiro atoms. The number of nitrogens with one attached hydrogen (secondary N) is 1. The van der Waals surface area contributed by atoms with Crippen LogP contribution < -0.4 is 10.1 Å². The van der Waals surface area contributed by atoms with Crippen LogP contribution in [0.4, 0.5) is 0 Å². The van der Waals surface area contributed by atoms with E-state index in [-0.39, 0.29) is 37.3 Å². The van der Waals surface area contributed by atoms with E-state index in [1.54, 1.807) is 6.08 Å². The molecule has 1 unspecified atom stereocenters. The topological polar surface area (TPSA) is 65.0 Å². The molecule has 2 N–H and O–H groups in total. The summed E-state index contributed by atoms with van der Waals surface area (Å²) >= 11 is 0. The predicted octanol–water partition coefficient (Wildman–Crippen LogP) is 4.16. The fourth-order valence-electron chi connectivity index (χ4n) is 4.61. The summed E-state index contributed by atoms with van der Waals surface area (Å²) in [5, 5.41) is 13.9. The largest absolute Gasteiger partial charge is 0.491 e. The molecule has 0 saturated carbocycles. The Labute approximate surface area is 227 Å². The van der Waals surface area contributed by atoms with Crippen LogP contribution in [0.1, 0.15) is 36.8 Å². The van der Waals surface area contributed by atoms with E-state index in [1.807, 2.05) is 35.2 Å². The standard InChI is InChI=1S/C28H37N3O3.2ClH/c32-26(20-29-25-13-17-30(18-14-25)21-24-7-2-1-3-8-24)22-34-27-10-6-9-23(19-27)11-12-28(33)31-15-4-5-16-31;;/h1-3,6-12,19,25-26,29,32H,4-5,13-18,20-22H2;2*1H. The summed E-state index contributed by atoms with van der Waals surface area (Å²) in [5.74, 6) is 0.764. The first-order valence-electron chi connectivity index (χ1n) is 12.5. The lowest BCUT2D eigenvalue weighted by Gasteiger charge is -2.33. The van der Waals surface area contributed by atoms with Gasteiger partial charge in [0.2, 0.25) is 5.91 Å². The maximum atomic E-state index is 12.2. The molecule has 0 bridgehead atoms. The molecule has 2 saturated heterocycles. The number of hydrogen-bond donors (Lipinski definition) is 2. The van der Waals surface area contributed by atoms with Crippen molar-refractivity contribution in [3.05, 3.63) is 71.8 Å². The van der Waals surface area contributed by atoms with Crippen LogP contribution in [0.5, 0.6) is 5.75 Å². The third kappa shape index (κ3) is 9.75. The summed E-state index contributed by atoms with van der Waals surface area (Å²) in [7, 11) is 0. The number of likely N-dealkylation sites (tertiary alicyclic amines) is 2. The van der Waals surface area contributed by atoms with Gasteiger partial charge in [-0.15, -0.1) is 24.8 Å². The first kappa shape index (κ1) is 30.1. The van der Waals surface area contributed by atoms with Crippen molar-refractivity contribution in [2.24, 2.45) is 0 Å². The number of nitrogens with zero attached hydrogens (tertiary/aromatic N) is 2. The van der Waals surface area contributed by atoms with Crippen LogP contribution in [0.2, 0.25) is 0 Å². The van der Waals surface area contributed by atoms with Crippen LogP contribution in [0.15, 0.2) is 60.7 Å². The van der Waals surface area contributed by atoms with Crippen LogP contribution >= 0.6 is 24.8 Å². The van der Waals surface area contributed by atoms with Crippen LogP contribution in [0, 0.1) is 0 Å². The minimum Gasteiger partial charge on any atom is -0.491 e. The van der Waals surface area contributed by atoms with Crippen LogP contribution in [0.3, 0.4) is 0 Å². The number of piperidine rings is 1. The third-order valence-corrected chi connectivity index (χ3v) is 6.62. The first-order valence-corrected chi connectivity index (χ1v) is 12.5. The van der Waals surface area contributed by atoms with Crippen LogP contribution in [0.25, 0.3) is 6.08 Å². The van der Waals surface area contributed by atoms with E-state index in [0.29, 0.717) is 18.3 Å². The van der Waals surface area contributed by atoms with Crippen molar-refractivity contribution in [2.75, 3.05) is 39.3 Å². The SMILES string of the molecule is Cl.Cl.O=C(C=Cc1cccc(OCC(O)CNC2CCN(Cc3ccccc3)CC2)c1)N1CCCC1. The molecular formula is C28H39Cl2N3O3. The highest BCUT2D eigenvalue weighted by atomic mass is 35.5. The number of carbonyl (C=O) groups is 1. The van der Waals surface area contributed by atoms with Crippen molar-refractivity contribution in [3.63, 3.8) is 0 Å². The molecule has 36 heavy (non-hydrogen) atoms. The van der Waals surface area contributed by atoms with Crippen molar-refractivity contribution in [1.82, 2.24) is 15.1 Å². The molecule has 4 rings (SSSR count). The predicted molar refractivity (Wildman–Crippen MR) is 150 cm³/mol. The summed E-state index contributed by atoms with van der Waals surface area (Å²) in [6.45, 7) is 5.60. The van der Waals surface area contributed by atoms with E-state index < -0.39 is 6.10 Å². The van der Waals surface area contributed by atoms with E-state index in [9.17, 15) is 9.90 Å². The Morgan fingerprint density at radius 2 is 1.75 bits per heavy atom. The average Bonchev–Trinajstić information content (AvgIpc) is 3.42. The molecule has 1 atom stereocenters. The van der Waals surface area contributed by atoms with Gasteiger partial charge in [-0.1, -0.05) is 42.5 Å². The third-order valence-electron chi connectivity index (χ3n) is 6.62. The molecule has 8 heteroatoms. The molecule has 0 aromatic heterocycles. The van der Waals surface area contributed by atoms with Gasteiger partial charge in [-0.3, -0.25) is 9.69 Å². The average molecular weight is 537 g/mol. The number of rotatable bonds is 10. The van der Waals surface area contributed by atoms with Crippen molar-refractivity contribution in [2.45, 2.75) is 44.4 Å². The summed E-state index contributed by atoms with van der Waals surface area (Å²) < 4.78 is 5.81. The Kier molecular flexibility index (Phi) is 13.3. The molecule has 6 nitrogen and oxygen atoms in total. The number of benzene rings is 2. The first-order chi connectivity index (χ1) is 16.7. The summed E-state index contributed by atoms with van der Waals surface area (Å²) in [4.78, 5) is 16.6. The quantitative estimate of drug-likeness (QED) is 0.447. The highest BCUT2D eigenvalue weighted by Gasteiger charge is 2.20. The summed E-state index contributed by atoms with van der Waals surface area (Å²) in [5.41, 5.74) is 2.28. The number of aliphatic hydroxyl groups excluding tert-OH is 1. The van der Waals surface area contributed by atoms with Gasteiger partial charge in [-0.25, -0.2) is 0 Å². The summed E-state index contributed by atoms with van der Waals surface area (Å²) in [6, 6.07) is 18.7. The molecule has 2 aromatic rings. The van der Waals surface area contributed by atoms with Gasteiger partial charge in [0.05, 0.1) is 0 Å². The van der Waals surface area contributed by atoms with Crippen molar-refractivity contribution < 1.29 is 14.6 Å². The van der Waals surface area contributed by atoms with Gasteiger partial charge in [0.25, 0.3) is 0 Å². The minimum atomic E-state index is -0.571. The van der Waals surface area contributed by atoms with Crippen LogP contribution in [-0.2, 0) is 11.3 Å². The molecule has 2 heterocycles. The van der Waals surface area contributed by atoms with Gasteiger partial charge in [-0.2, -0.15) is 0 Å². The molecule has 2 aromatic carbocycles. The van der Waals surface area contributed by atoms with Gasteiger partial charge in [0, 0.05) is 38.3 Å². The van der Waals surface area contributed by atoms with Crippen molar-refractivity contribution in [3.8, 4) is 5.75 Å². The zero-order valence-electron chi connectivity index (χ0n) is 20.8. The lowest BCUT2D eigenvalue weighted by atomic mass is 10.0. The second-order valence-electron chi connectivity index (χ2n) is 9.35. The van der Waals surface area contributed by atoms with E-state index >= 15 is 0 Å². The Morgan fingerprint density at radius 1 is 1.03 bits per heavy atom. The molecule has 2 aliphatic heterocycles. The molecule has 2 fully saturated rings. The number of carbonyl (C=O) groups excluding carboxylic acids is 1. The van der Waals surface area contributed by atoms with E-state index in [2.05, 4.69) is 40.5 Å². The van der Waals surface area contributed by atoms with Gasteiger partial charge in [-0.05, 0) is 68.1 Å². The molecule has 0 aliphatic carbocycles. The number of ether oxygens (including phenoxy) is 1. The molecule has 198 valence electrons. The normalized spacial score (nSPS) is 17.4.